The van der Waals surface area contributed by atoms with Gasteiger partial charge in [0.15, 0.2) is 0 Å². The zero-order valence-electron chi connectivity index (χ0n) is 9.04. The van der Waals surface area contributed by atoms with Crippen LogP contribution in [0.4, 0.5) is 5.69 Å². The quantitative estimate of drug-likeness (QED) is 0.487. The Bertz CT molecular complexity index is 383. The van der Waals surface area contributed by atoms with Gasteiger partial charge in [0.1, 0.15) is 5.75 Å². The summed E-state index contributed by atoms with van der Waals surface area (Å²) in [7, 11) is 1.46. The molecule has 0 saturated carbocycles. The highest BCUT2D eigenvalue weighted by Crippen LogP contribution is 2.34. The van der Waals surface area contributed by atoms with Gasteiger partial charge in [-0.2, -0.15) is 0 Å². The van der Waals surface area contributed by atoms with Crippen LogP contribution in [0, 0.1) is 10.1 Å². The maximum Gasteiger partial charge on any atom is 0.286 e. The Morgan fingerprint density at radius 1 is 1.62 bits per heavy atom. The number of methoxy groups -OCH3 is 1. The van der Waals surface area contributed by atoms with E-state index >= 15 is 0 Å². The molecule has 0 aliphatic heterocycles. The Balaban J connectivity index is 3.03. The van der Waals surface area contributed by atoms with Gasteiger partial charge in [-0.15, -0.1) is 11.8 Å². The lowest BCUT2D eigenvalue weighted by Gasteiger charge is -2.08. The van der Waals surface area contributed by atoms with Gasteiger partial charge in [-0.25, -0.2) is 0 Å². The first-order valence-corrected chi connectivity index (χ1v) is 5.56. The number of nitrogens with zero attached hydrogens (tertiary/aromatic N) is 1. The summed E-state index contributed by atoms with van der Waals surface area (Å²) in [4.78, 5) is 10.9. The van der Waals surface area contributed by atoms with Gasteiger partial charge in [-0.05, 0) is 12.1 Å². The van der Waals surface area contributed by atoms with Crippen LogP contribution < -0.4 is 4.74 Å². The first-order valence-electron chi connectivity index (χ1n) is 4.68. The predicted octanol–water partition coefficient (Wildman–Crippen LogP) is 2.08. The van der Waals surface area contributed by atoms with E-state index in [4.69, 9.17) is 9.84 Å². The van der Waals surface area contributed by atoms with Crippen LogP contribution in [0.3, 0.4) is 0 Å². The summed E-state index contributed by atoms with van der Waals surface area (Å²) in [6.45, 7) is 1.78. The fourth-order valence-corrected chi connectivity index (χ4v) is 2.03. The molecule has 0 fully saturated rings. The fraction of sp³-hybridized carbons (Fsp3) is 0.400. The van der Waals surface area contributed by atoms with Crippen molar-refractivity contribution in [2.24, 2.45) is 0 Å². The highest BCUT2D eigenvalue weighted by Gasteiger charge is 2.17. The van der Waals surface area contributed by atoms with E-state index in [1.807, 2.05) is 0 Å². The van der Waals surface area contributed by atoms with E-state index in [0.29, 0.717) is 10.6 Å². The second kappa shape index (κ2) is 5.72. The minimum absolute atomic E-state index is 0.00431. The Hall–Kier alpha value is -1.27. The average Bonchev–Trinajstić information content (AvgIpc) is 2.29. The number of aliphatic hydroxyl groups is 1. The minimum atomic E-state index is -0.449. The number of ether oxygens (including phenoxy) is 1. The zero-order chi connectivity index (χ0) is 12.1. The third kappa shape index (κ3) is 3.11. The zero-order valence-corrected chi connectivity index (χ0v) is 9.86. The molecule has 1 N–H and O–H groups in total. The lowest BCUT2D eigenvalue weighted by molar-refractivity contribution is -0.387. The first-order chi connectivity index (χ1) is 7.58. The van der Waals surface area contributed by atoms with Crippen molar-refractivity contribution in [1.82, 2.24) is 0 Å². The van der Waals surface area contributed by atoms with Crippen molar-refractivity contribution >= 4 is 17.4 Å². The number of thioether (sulfide) groups is 1. The standard InChI is InChI=1S/C10H13NO4S/c1-7(6-12)16-10-4-3-8(15-2)5-9(10)11(13)14/h3-5,7,12H,6H2,1-2H3. The molecule has 1 atom stereocenters. The van der Waals surface area contributed by atoms with Crippen molar-refractivity contribution in [1.29, 1.82) is 0 Å². The molecule has 1 unspecified atom stereocenters. The molecule has 0 heterocycles. The Kier molecular flexibility index (Phi) is 4.57. The van der Waals surface area contributed by atoms with Crippen molar-refractivity contribution in [3.63, 3.8) is 0 Å². The molecular weight excluding hydrogens is 230 g/mol. The van der Waals surface area contributed by atoms with E-state index in [9.17, 15) is 10.1 Å². The van der Waals surface area contributed by atoms with Crippen LogP contribution in [0.2, 0.25) is 0 Å². The highest BCUT2D eigenvalue weighted by atomic mass is 32.2. The van der Waals surface area contributed by atoms with Crippen molar-refractivity contribution in [2.75, 3.05) is 13.7 Å². The van der Waals surface area contributed by atoms with Gasteiger partial charge in [0.25, 0.3) is 5.69 Å². The van der Waals surface area contributed by atoms with Gasteiger partial charge in [-0.3, -0.25) is 10.1 Å². The van der Waals surface area contributed by atoms with Crippen LogP contribution in [0.25, 0.3) is 0 Å². The molecule has 5 nitrogen and oxygen atoms in total. The van der Waals surface area contributed by atoms with Crippen molar-refractivity contribution in [3.8, 4) is 5.75 Å². The Morgan fingerprint density at radius 3 is 2.81 bits per heavy atom. The summed E-state index contributed by atoms with van der Waals surface area (Å²) in [5.74, 6) is 0.452. The molecule has 1 rings (SSSR count). The van der Waals surface area contributed by atoms with Gasteiger partial charge in [0.2, 0.25) is 0 Å². The first kappa shape index (κ1) is 12.8. The van der Waals surface area contributed by atoms with E-state index in [0.717, 1.165) is 0 Å². The molecule has 0 aliphatic rings. The number of hydrogen-bond donors (Lipinski definition) is 1. The van der Waals surface area contributed by atoms with Crippen LogP contribution in [0.15, 0.2) is 23.1 Å². The third-order valence-electron chi connectivity index (χ3n) is 1.95. The maximum atomic E-state index is 10.8. The summed E-state index contributed by atoms with van der Waals surface area (Å²) in [6, 6.07) is 4.68. The number of nitro groups is 1. The molecule has 1 aromatic carbocycles. The lowest BCUT2D eigenvalue weighted by Crippen LogP contribution is -2.02. The average molecular weight is 243 g/mol. The topological polar surface area (TPSA) is 72.6 Å². The largest absolute Gasteiger partial charge is 0.497 e. The molecule has 0 spiro atoms. The van der Waals surface area contributed by atoms with Crippen molar-refractivity contribution < 1.29 is 14.8 Å². The Morgan fingerprint density at radius 2 is 2.31 bits per heavy atom. The van der Waals surface area contributed by atoms with Crippen molar-refractivity contribution in [2.45, 2.75) is 17.1 Å². The fourth-order valence-electron chi connectivity index (χ4n) is 1.12. The van der Waals surface area contributed by atoms with E-state index in [2.05, 4.69) is 0 Å². The van der Waals surface area contributed by atoms with E-state index in [-0.39, 0.29) is 17.5 Å². The monoisotopic (exact) mass is 243 g/mol. The highest BCUT2D eigenvalue weighted by molar-refractivity contribution is 8.00. The summed E-state index contributed by atoms with van der Waals surface area (Å²) < 4.78 is 4.93. The van der Waals surface area contributed by atoms with Gasteiger partial charge in [0, 0.05) is 5.25 Å². The molecule has 0 saturated heterocycles. The smallest absolute Gasteiger partial charge is 0.286 e. The van der Waals surface area contributed by atoms with Crippen LogP contribution in [0.5, 0.6) is 5.75 Å². The van der Waals surface area contributed by atoms with Crippen LogP contribution >= 0.6 is 11.8 Å². The maximum absolute atomic E-state index is 10.8. The number of benzene rings is 1. The van der Waals surface area contributed by atoms with Crippen LogP contribution in [-0.2, 0) is 0 Å². The number of hydrogen-bond acceptors (Lipinski definition) is 5. The molecule has 0 amide bonds. The lowest BCUT2D eigenvalue weighted by atomic mass is 10.3. The summed E-state index contributed by atoms with van der Waals surface area (Å²) in [5.41, 5.74) is 0.00431. The van der Waals surface area contributed by atoms with E-state index in [1.165, 1.54) is 24.9 Å². The van der Waals surface area contributed by atoms with Gasteiger partial charge >= 0.3 is 0 Å². The Labute approximate surface area is 97.6 Å². The van der Waals surface area contributed by atoms with Crippen LogP contribution in [-0.4, -0.2) is 29.0 Å². The molecule has 0 radical (unpaired) electrons. The van der Waals surface area contributed by atoms with Crippen LogP contribution in [0.1, 0.15) is 6.92 Å². The van der Waals surface area contributed by atoms with Crippen molar-refractivity contribution in [3.05, 3.63) is 28.3 Å². The molecule has 6 heteroatoms. The molecule has 0 bridgehead atoms. The van der Waals surface area contributed by atoms with Gasteiger partial charge in [0.05, 0.1) is 29.6 Å². The summed E-state index contributed by atoms with van der Waals surface area (Å²) >= 11 is 1.27. The minimum Gasteiger partial charge on any atom is -0.497 e. The molecular formula is C10H13NO4S. The van der Waals surface area contributed by atoms with E-state index < -0.39 is 4.92 Å². The number of rotatable bonds is 5. The molecule has 1 aromatic rings. The second-order valence-electron chi connectivity index (χ2n) is 3.20. The molecule has 0 aliphatic carbocycles. The second-order valence-corrected chi connectivity index (χ2v) is 4.68. The normalized spacial score (nSPS) is 12.2. The van der Waals surface area contributed by atoms with Gasteiger partial charge < -0.3 is 9.84 Å². The SMILES string of the molecule is COc1ccc(SC(C)CO)c([N+](=O)[O-])c1. The number of nitro benzene ring substituents is 1. The third-order valence-corrected chi connectivity index (χ3v) is 3.10. The summed E-state index contributed by atoms with van der Waals surface area (Å²) in [6.07, 6.45) is 0. The predicted molar refractivity (Wildman–Crippen MR) is 62.1 cm³/mol. The number of aliphatic hydroxyl groups excluding tert-OH is 1. The molecule has 88 valence electrons. The summed E-state index contributed by atoms with van der Waals surface area (Å²) in [5, 5.41) is 19.7. The molecule has 16 heavy (non-hydrogen) atoms. The molecule has 0 aromatic heterocycles. The van der Waals surface area contributed by atoms with Gasteiger partial charge in [-0.1, -0.05) is 6.92 Å². The van der Waals surface area contributed by atoms with E-state index in [1.54, 1.807) is 19.1 Å².